The highest BCUT2D eigenvalue weighted by Gasteiger charge is 2.33. The largest absolute Gasteiger partial charge is 0.370 e. The summed E-state index contributed by atoms with van der Waals surface area (Å²) >= 11 is 1.46. The van der Waals surface area contributed by atoms with Gasteiger partial charge >= 0.3 is 0 Å². The Hall–Kier alpha value is -5.46. The molecule has 17 nitrogen and oxygen atoms in total. The van der Waals surface area contributed by atoms with Crippen LogP contribution in [0.2, 0.25) is 0 Å². The highest BCUT2D eigenvalue weighted by Crippen LogP contribution is 2.20. The number of nitrogens with one attached hydrogen (secondary N) is 7. The van der Waals surface area contributed by atoms with Crippen molar-refractivity contribution in [3.05, 3.63) is 71.9 Å². The lowest BCUT2D eigenvalue weighted by molar-refractivity contribution is -0.135. The molecule has 0 saturated heterocycles. The molecule has 0 unspecified atom stereocenters. The molecular weight excluding hydrogens is 741 g/mol. The predicted molar refractivity (Wildman–Crippen MR) is 214 cm³/mol. The minimum Gasteiger partial charge on any atom is -0.370 e. The summed E-state index contributed by atoms with van der Waals surface area (Å²) in [6.07, 6.45) is 3.65. The van der Waals surface area contributed by atoms with E-state index in [0.29, 0.717) is 23.3 Å². The molecule has 3 rings (SSSR count). The van der Waals surface area contributed by atoms with Crippen LogP contribution in [-0.4, -0.2) is 95.1 Å². The summed E-state index contributed by atoms with van der Waals surface area (Å²) in [6, 6.07) is 10.5. The van der Waals surface area contributed by atoms with Crippen molar-refractivity contribution < 1.29 is 33.6 Å². The van der Waals surface area contributed by atoms with E-state index in [0.717, 1.165) is 10.9 Å². The zero-order valence-electron chi connectivity index (χ0n) is 31.9. The first-order valence-corrected chi connectivity index (χ1v) is 19.7. The van der Waals surface area contributed by atoms with Gasteiger partial charge in [-0.15, -0.1) is 0 Å². The van der Waals surface area contributed by atoms with Gasteiger partial charge in [0.15, 0.2) is 0 Å². The lowest BCUT2D eigenvalue weighted by atomic mass is 10.0. The van der Waals surface area contributed by atoms with Crippen LogP contribution in [0, 0.1) is 5.92 Å². The third kappa shape index (κ3) is 14.6. The normalized spacial score (nSPS) is 13.8. The number of hydrogen-bond donors (Lipinski definition) is 10. The summed E-state index contributed by atoms with van der Waals surface area (Å²) in [7, 11) is 0. The van der Waals surface area contributed by atoms with Crippen molar-refractivity contribution in [1.29, 1.82) is 0 Å². The molecule has 56 heavy (non-hydrogen) atoms. The van der Waals surface area contributed by atoms with Gasteiger partial charge in [0, 0.05) is 36.4 Å². The predicted octanol–water partition coefficient (Wildman–Crippen LogP) is -0.610. The number of fused-ring (bicyclic) bond motifs is 1. The molecule has 304 valence electrons. The topological polar surface area (TPSA) is 286 Å². The van der Waals surface area contributed by atoms with Crippen molar-refractivity contribution in [3.63, 3.8) is 0 Å². The number of rotatable bonds is 23. The zero-order chi connectivity index (χ0) is 41.2. The quantitative estimate of drug-likeness (QED) is 0.0330. The molecule has 18 heteroatoms. The molecule has 2 aromatic carbocycles. The molecule has 5 atom stereocenters. The number of hydrogen-bond acceptors (Lipinski definition) is 10. The number of primary amides is 1. The average molecular weight is 795 g/mol. The Kier molecular flexibility index (Phi) is 18.3. The Balaban J connectivity index is 1.93. The van der Waals surface area contributed by atoms with Gasteiger partial charge in [0.2, 0.25) is 35.4 Å². The standard InChI is InChI=1S/C38H54N10O7S/c1-22(2)17-26(39)34(51)44-29(15-16-56-3)37(54)45-28(13-14-32(40)49)36(53)47-31(19-24-20-42-27-12-8-7-11-25(24)27)38(55)46-30(18-23-9-5-4-6-10-23)35(52)43-21-33(50)48-41/h4-12,20,22,26,28-31,42H,13-19,21,39,41H2,1-3H3,(H2,40,49)(H,43,52)(H,44,51)(H,45,54)(H,46,55)(H,47,53)(H,48,50)/t26-,28-,29-,30-,31-/m0/s1. The molecular formula is C38H54N10O7S. The van der Waals surface area contributed by atoms with Crippen molar-refractivity contribution in [2.45, 2.75) is 82.6 Å². The summed E-state index contributed by atoms with van der Waals surface area (Å²) in [5.41, 5.74) is 15.6. The maximum atomic E-state index is 14.2. The summed E-state index contributed by atoms with van der Waals surface area (Å²) in [6.45, 7) is 3.39. The van der Waals surface area contributed by atoms with Crippen LogP contribution in [0.3, 0.4) is 0 Å². The fraction of sp³-hybridized carbons (Fsp3) is 0.447. The number of thioether (sulfide) groups is 1. The average Bonchev–Trinajstić information content (AvgIpc) is 3.58. The van der Waals surface area contributed by atoms with Crippen LogP contribution < -0.4 is 49.3 Å². The molecule has 1 heterocycles. The number of para-hydroxylation sites is 1. The number of amides is 7. The van der Waals surface area contributed by atoms with Gasteiger partial charge in [-0.3, -0.25) is 39.0 Å². The second kappa shape index (κ2) is 22.8. The van der Waals surface area contributed by atoms with Gasteiger partial charge in [0.05, 0.1) is 12.6 Å². The lowest BCUT2D eigenvalue weighted by Gasteiger charge is -2.27. The summed E-state index contributed by atoms with van der Waals surface area (Å²) in [5.74, 6) is 0.965. The van der Waals surface area contributed by atoms with E-state index in [4.69, 9.17) is 17.3 Å². The van der Waals surface area contributed by atoms with Gasteiger partial charge in [-0.25, -0.2) is 5.84 Å². The van der Waals surface area contributed by atoms with Crippen molar-refractivity contribution in [2.75, 3.05) is 18.6 Å². The Morgan fingerprint density at radius 3 is 1.93 bits per heavy atom. The molecule has 7 amide bonds. The van der Waals surface area contributed by atoms with E-state index < -0.39 is 78.1 Å². The van der Waals surface area contributed by atoms with Crippen LogP contribution in [-0.2, 0) is 46.4 Å². The summed E-state index contributed by atoms with van der Waals surface area (Å²) in [5, 5.41) is 14.0. The molecule has 0 aliphatic heterocycles. The highest BCUT2D eigenvalue weighted by atomic mass is 32.2. The molecule has 13 N–H and O–H groups in total. The van der Waals surface area contributed by atoms with E-state index >= 15 is 0 Å². The van der Waals surface area contributed by atoms with Crippen LogP contribution in [0.25, 0.3) is 10.9 Å². The van der Waals surface area contributed by atoms with Gasteiger partial charge < -0.3 is 43.0 Å². The maximum absolute atomic E-state index is 14.2. The minimum atomic E-state index is -1.36. The second-order valence-electron chi connectivity index (χ2n) is 13.8. The molecule has 3 aromatic rings. The highest BCUT2D eigenvalue weighted by molar-refractivity contribution is 7.98. The summed E-state index contributed by atoms with van der Waals surface area (Å²) < 4.78 is 0. The van der Waals surface area contributed by atoms with Crippen molar-refractivity contribution >= 4 is 64.0 Å². The van der Waals surface area contributed by atoms with Crippen LogP contribution in [0.5, 0.6) is 0 Å². The van der Waals surface area contributed by atoms with E-state index in [1.54, 1.807) is 36.5 Å². The minimum absolute atomic E-state index is 0.0394. The van der Waals surface area contributed by atoms with E-state index in [9.17, 15) is 33.6 Å². The zero-order valence-corrected chi connectivity index (χ0v) is 32.7. The molecule has 0 saturated carbocycles. The summed E-state index contributed by atoms with van der Waals surface area (Å²) in [4.78, 5) is 95.1. The van der Waals surface area contributed by atoms with E-state index in [1.165, 1.54) is 11.8 Å². The molecule has 0 radical (unpaired) electrons. The van der Waals surface area contributed by atoms with Crippen LogP contribution in [0.4, 0.5) is 0 Å². The number of hydrazine groups is 1. The van der Waals surface area contributed by atoms with Crippen molar-refractivity contribution in [1.82, 2.24) is 37.0 Å². The number of nitrogens with two attached hydrogens (primary N) is 3. The van der Waals surface area contributed by atoms with Crippen LogP contribution in [0.15, 0.2) is 60.8 Å². The number of carbonyl (C=O) groups is 7. The van der Waals surface area contributed by atoms with E-state index in [-0.39, 0.29) is 38.0 Å². The SMILES string of the molecule is CSCC[C@H](NC(=O)[C@@H](N)CC(C)C)C(=O)N[C@@H](CCC(N)=O)C(=O)N[C@@H](Cc1c[nH]c2ccccc12)C(=O)N[C@@H](Cc1ccccc1)C(=O)NCC(=O)NN. The molecule has 0 spiro atoms. The van der Waals surface area contributed by atoms with Crippen LogP contribution in [0.1, 0.15) is 50.7 Å². The van der Waals surface area contributed by atoms with Crippen molar-refractivity contribution in [3.8, 4) is 0 Å². The molecule has 1 aromatic heterocycles. The Morgan fingerprint density at radius 2 is 1.30 bits per heavy atom. The Labute approximate surface area is 330 Å². The maximum Gasteiger partial charge on any atom is 0.253 e. The molecule has 0 bridgehead atoms. The van der Waals surface area contributed by atoms with Gasteiger partial charge in [-0.05, 0) is 54.4 Å². The fourth-order valence-corrected chi connectivity index (χ4v) is 6.37. The monoisotopic (exact) mass is 794 g/mol. The van der Waals surface area contributed by atoms with Gasteiger partial charge in [0.1, 0.15) is 24.2 Å². The number of H-pyrrole nitrogens is 1. The first-order valence-electron chi connectivity index (χ1n) is 18.3. The number of aromatic nitrogens is 1. The Bertz CT molecular complexity index is 1810. The number of carbonyl (C=O) groups excluding carboxylic acids is 7. The number of aromatic amines is 1. The third-order valence-electron chi connectivity index (χ3n) is 8.85. The smallest absolute Gasteiger partial charge is 0.253 e. The number of benzene rings is 2. The van der Waals surface area contributed by atoms with Gasteiger partial charge in [-0.1, -0.05) is 62.4 Å². The molecule has 0 aliphatic rings. The van der Waals surface area contributed by atoms with Crippen molar-refractivity contribution in [2.24, 2.45) is 23.2 Å². The van der Waals surface area contributed by atoms with E-state index in [2.05, 4.69) is 31.6 Å². The first kappa shape index (κ1) is 44.9. The van der Waals surface area contributed by atoms with E-state index in [1.807, 2.05) is 49.8 Å². The molecule has 0 fully saturated rings. The third-order valence-corrected chi connectivity index (χ3v) is 9.49. The first-order chi connectivity index (χ1) is 26.7. The molecule has 0 aliphatic carbocycles. The Morgan fingerprint density at radius 1 is 0.732 bits per heavy atom. The lowest BCUT2D eigenvalue weighted by Crippen LogP contribution is -2.59. The second-order valence-corrected chi connectivity index (χ2v) is 14.8. The fourth-order valence-electron chi connectivity index (χ4n) is 5.90. The van der Waals surface area contributed by atoms with Crippen LogP contribution >= 0.6 is 11.8 Å². The van der Waals surface area contributed by atoms with Gasteiger partial charge in [0.25, 0.3) is 5.91 Å². The van der Waals surface area contributed by atoms with Gasteiger partial charge in [-0.2, -0.15) is 11.8 Å².